The lowest BCUT2D eigenvalue weighted by molar-refractivity contribution is 0.564. The van der Waals surface area contributed by atoms with E-state index in [2.05, 4.69) is 10.3 Å². The quantitative estimate of drug-likeness (QED) is 0.407. The molecule has 0 bridgehead atoms. The zero-order valence-corrected chi connectivity index (χ0v) is 5.95. The average Bonchev–Trinajstić information content (AvgIpc) is 1.60. The number of allylic oxidation sites excluding steroid dienone is 1. The van der Waals surface area contributed by atoms with Crippen molar-refractivity contribution in [1.82, 2.24) is 5.32 Å². The lowest BCUT2D eigenvalue weighted by Crippen LogP contribution is -2.45. The minimum Gasteiger partial charge on any atom is -0.342 e. The Morgan fingerprint density at radius 3 is 2.78 bits per heavy atom. The number of halogens is 2. The lowest BCUT2D eigenvalue weighted by atomic mass is 10.6. The maximum absolute atomic E-state index is 5.51. The third kappa shape index (κ3) is 1.86. The summed E-state index contributed by atoms with van der Waals surface area (Å²) in [6.45, 7) is 0. The molecule has 1 unspecified atom stereocenters. The Labute approximate surface area is 62.5 Å². The summed E-state index contributed by atoms with van der Waals surface area (Å²) < 4.78 is 0. The Morgan fingerprint density at radius 1 is 1.78 bits per heavy atom. The standard InChI is InChI=1S/C4H5Cl2N3/c5-3-1-2-8-4(6,7)9-3/h1-2,8H,7H2. The van der Waals surface area contributed by atoms with Crippen molar-refractivity contribution in [1.29, 1.82) is 0 Å². The highest BCUT2D eigenvalue weighted by molar-refractivity contribution is 6.68. The molecule has 0 aromatic heterocycles. The molecule has 0 radical (unpaired) electrons. The molecule has 0 saturated heterocycles. The van der Waals surface area contributed by atoms with Crippen molar-refractivity contribution in [2.75, 3.05) is 0 Å². The first kappa shape index (κ1) is 6.86. The summed E-state index contributed by atoms with van der Waals surface area (Å²) in [6, 6.07) is 0. The molecular formula is C4H5Cl2N3. The molecule has 3 nitrogen and oxygen atoms in total. The molecular weight excluding hydrogens is 161 g/mol. The minimum absolute atomic E-state index is 0.297. The van der Waals surface area contributed by atoms with Crippen LogP contribution in [0.25, 0.3) is 0 Å². The summed E-state index contributed by atoms with van der Waals surface area (Å²) in [6.07, 6.45) is 3.11. The third-order valence-electron chi connectivity index (χ3n) is 0.776. The van der Waals surface area contributed by atoms with Gasteiger partial charge < -0.3 is 5.32 Å². The van der Waals surface area contributed by atoms with E-state index >= 15 is 0 Å². The van der Waals surface area contributed by atoms with Crippen LogP contribution < -0.4 is 11.1 Å². The summed E-state index contributed by atoms with van der Waals surface area (Å²) in [5.74, 6) is 0. The predicted molar refractivity (Wildman–Crippen MR) is 38.3 cm³/mol. The molecule has 0 aromatic rings. The van der Waals surface area contributed by atoms with E-state index in [0.29, 0.717) is 5.17 Å². The van der Waals surface area contributed by atoms with Gasteiger partial charge in [0.25, 0.3) is 5.25 Å². The number of hydrogen-bond acceptors (Lipinski definition) is 3. The first-order valence-electron chi connectivity index (χ1n) is 2.27. The van der Waals surface area contributed by atoms with Crippen LogP contribution in [0.2, 0.25) is 0 Å². The highest BCUT2D eigenvalue weighted by Crippen LogP contribution is 2.10. The van der Waals surface area contributed by atoms with E-state index in [4.69, 9.17) is 28.9 Å². The van der Waals surface area contributed by atoms with Crippen molar-refractivity contribution < 1.29 is 0 Å². The van der Waals surface area contributed by atoms with E-state index in [1.807, 2.05) is 0 Å². The molecule has 5 heteroatoms. The van der Waals surface area contributed by atoms with Crippen LogP contribution in [0, 0.1) is 0 Å². The maximum atomic E-state index is 5.51. The number of alkyl halides is 1. The van der Waals surface area contributed by atoms with Crippen LogP contribution >= 0.6 is 23.2 Å². The fourth-order valence-electron chi connectivity index (χ4n) is 0.452. The summed E-state index contributed by atoms with van der Waals surface area (Å²) in [5.41, 5.74) is 5.30. The van der Waals surface area contributed by atoms with Crippen LogP contribution in [0.1, 0.15) is 0 Å². The van der Waals surface area contributed by atoms with Crippen LogP contribution in [0.3, 0.4) is 0 Å². The molecule has 0 fully saturated rings. The van der Waals surface area contributed by atoms with E-state index < -0.39 is 5.25 Å². The van der Waals surface area contributed by atoms with Crippen LogP contribution in [-0.4, -0.2) is 10.4 Å². The number of nitrogens with two attached hydrogens (primary N) is 1. The molecule has 3 N–H and O–H groups in total. The summed E-state index contributed by atoms with van der Waals surface area (Å²) in [5, 5.41) is 1.62. The van der Waals surface area contributed by atoms with Gasteiger partial charge in [-0.2, -0.15) is 0 Å². The number of nitrogens with one attached hydrogen (secondary N) is 1. The second-order valence-corrected chi connectivity index (χ2v) is 2.55. The molecule has 1 atom stereocenters. The van der Waals surface area contributed by atoms with E-state index in [0.717, 1.165) is 0 Å². The molecule has 0 amide bonds. The number of hydrogen-bond donors (Lipinski definition) is 2. The van der Waals surface area contributed by atoms with Crippen molar-refractivity contribution in [3.8, 4) is 0 Å². The van der Waals surface area contributed by atoms with E-state index in [9.17, 15) is 0 Å². The first-order valence-corrected chi connectivity index (χ1v) is 3.03. The number of aliphatic imine (C=N–C) groups is 1. The molecule has 9 heavy (non-hydrogen) atoms. The molecule has 50 valence electrons. The van der Waals surface area contributed by atoms with Crippen LogP contribution in [0.5, 0.6) is 0 Å². The van der Waals surface area contributed by atoms with Gasteiger partial charge in [-0.25, -0.2) is 4.99 Å². The van der Waals surface area contributed by atoms with Crippen LogP contribution in [-0.2, 0) is 0 Å². The zero-order chi connectivity index (χ0) is 6.91. The molecule has 1 heterocycles. The fraction of sp³-hybridized carbons (Fsp3) is 0.250. The Balaban J connectivity index is 2.78. The van der Waals surface area contributed by atoms with Gasteiger partial charge in [-0.1, -0.05) is 23.2 Å². The Bertz CT molecular complexity index is 173. The smallest absolute Gasteiger partial charge is 0.263 e. The summed E-state index contributed by atoms with van der Waals surface area (Å²) in [7, 11) is 0. The van der Waals surface area contributed by atoms with Gasteiger partial charge in [0, 0.05) is 6.20 Å². The summed E-state index contributed by atoms with van der Waals surface area (Å²) in [4.78, 5) is 3.64. The predicted octanol–water partition coefficient (Wildman–Crippen LogP) is 0.549. The Kier molecular flexibility index (Phi) is 1.66. The summed E-state index contributed by atoms with van der Waals surface area (Å²) >= 11 is 11.0. The molecule has 1 aliphatic rings. The van der Waals surface area contributed by atoms with Gasteiger partial charge in [0.2, 0.25) is 0 Å². The molecule has 0 spiro atoms. The van der Waals surface area contributed by atoms with Crippen molar-refractivity contribution in [2.24, 2.45) is 10.7 Å². The van der Waals surface area contributed by atoms with Gasteiger partial charge in [-0.3, -0.25) is 5.73 Å². The minimum atomic E-state index is -1.26. The third-order valence-corrected chi connectivity index (χ3v) is 1.18. The van der Waals surface area contributed by atoms with Crippen molar-refractivity contribution >= 4 is 28.4 Å². The van der Waals surface area contributed by atoms with E-state index in [1.54, 1.807) is 12.3 Å². The van der Waals surface area contributed by atoms with Gasteiger partial charge in [-0.15, -0.1) is 0 Å². The topological polar surface area (TPSA) is 50.4 Å². The second kappa shape index (κ2) is 2.17. The highest BCUT2D eigenvalue weighted by Gasteiger charge is 2.19. The highest BCUT2D eigenvalue weighted by atomic mass is 35.5. The normalized spacial score (nSPS) is 33.4. The Morgan fingerprint density at radius 2 is 2.44 bits per heavy atom. The van der Waals surface area contributed by atoms with Gasteiger partial charge in [0.15, 0.2) is 0 Å². The van der Waals surface area contributed by atoms with Crippen molar-refractivity contribution in [3.63, 3.8) is 0 Å². The van der Waals surface area contributed by atoms with Gasteiger partial charge in [-0.05, 0) is 6.08 Å². The van der Waals surface area contributed by atoms with E-state index in [-0.39, 0.29) is 0 Å². The Hall–Kier alpha value is -0.250. The van der Waals surface area contributed by atoms with Gasteiger partial charge in [0.05, 0.1) is 0 Å². The average molecular weight is 166 g/mol. The molecule has 0 aliphatic carbocycles. The first-order chi connectivity index (χ1) is 4.10. The lowest BCUT2D eigenvalue weighted by Gasteiger charge is -2.19. The van der Waals surface area contributed by atoms with Crippen LogP contribution in [0.4, 0.5) is 0 Å². The molecule has 1 rings (SSSR count). The second-order valence-electron chi connectivity index (χ2n) is 1.59. The van der Waals surface area contributed by atoms with Gasteiger partial charge >= 0.3 is 0 Å². The zero-order valence-electron chi connectivity index (χ0n) is 4.44. The SMILES string of the molecule is NC1(Cl)N=C(Cl)C=CN1. The number of rotatable bonds is 0. The fourth-order valence-corrected chi connectivity index (χ4v) is 0.846. The monoisotopic (exact) mass is 165 g/mol. The van der Waals surface area contributed by atoms with Gasteiger partial charge in [0.1, 0.15) is 5.17 Å². The largest absolute Gasteiger partial charge is 0.342 e. The van der Waals surface area contributed by atoms with Crippen molar-refractivity contribution in [3.05, 3.63) is 12.3 Å². The molecule has 0 aromatic carbocycles. The maximum Gasteiger partial charge on any atom is 0.263 e. The number of nitrogens with zero attached hydrogens (tertiary/aromatic N) is 1. The molecule has 0 saturated carbocycles. The van der Waals surface area contributed by atoms with Crippen LogP contribution in [0.15, 0.2) is 17.3 Å². The van der Waals surface area contributed by atoms with E-state index in [1.165, 1.54) is 0 Å². The van der Waals surface area contributed by atoms with Crippen molar-refractivity contribution in [2.45, 2.75) is 5.25 Å². The molecule has 1 aliphatic heterocycles.